The summed E-state index contributed by atoms with van der Waals surface area (Å²) in [5.74, 6) is -0.289. The summed E-state index contributed by atoms with van der Waals surface area (Å²) in [7, 11) is 0. The highest BCUT2D eigenvalue weighted by Crippen LogP contribution is 2.10. The minimum Gasteiger partial charge on any atom is -0.457 e. The molecule has 0 amide bonds. The molecule has 12 heavy (non-hydrogen) atoms. The topological polar surface area (TPSA) is 52.3 Å². The number of carbonyl (C=O) groups excluding carboxylic acids is 1. The second-order valence-electron chi connectivity index (χ2n) is 2.43. The van der Waals surface area contributed by atoms with E-state index < -0.39 is 0 Å². The van der Waals surface area contributed by atoms with E-state index in [2.05, 4.69) is 0 Å². The number of thiophene rings is 1. The first-order valence-electron chi connectivity index (χ1n) is 3.68. The molecular weight excluding hydrogens is 174 g/mol. The first-order valence-corrected chi connectivity index (χ1v) is 4.56. The van der Waals surface area contributed by atoms with Crippen LogP contribution in [0.25, 0.3) is 0 Å². The van der Waals surface area contributed by atoms with Gasteiger partial charge in [0.25, 0.3) is 0 Å². The number of ether oxygens (including phenoxy) is 1. The molecular formula is C8H11NO2S. The van der Waals surface area contributed by atoms with Crippen molar-refractivity contribution in [1.82, 2.24) is 0 Å². The average molecular weight is 185 g/mol. The molecule has 0 aliphatic rings. The Balaban J connectivity index is 2.50. The van der Waals surface area contributed by atoms with Crippen molar-refractivity contribution in [3.8, 4) is 0 Å². The van der Waals surface area contributed by atoms with Gasteiger partial charge in [-0.15, -0.1) is 11.3 Å². The van der Waals surface area contributed by atoms with Crippen molar-refractivity contribution in [2.45, 2.75) is 13.0 Å². The minimum absolute atomic E-state index is 0.209. The van der Waals surface area contributed by atoms with E-state index in [9.17, 15) is 4.79 Å². The number of carbonyl (C=O) groups is 1. The van der Waals surface area contributed by atoms with Gasteiger partial charge in [-0.05, 0) is 18.4 Å². The van der Waals surface area contributed by atoms with Crippen LogP contribution in [0.3, 0.4) is 0 Å². The van der Waals surface area contributed by atoms with Gasteiger partial charge in [0.2, 0.25) is 0 Å². The first-order chi connectivity index (χ1) is 5.74. The van der Waals surface area contributed by atoms with Crippen molar-refractivity contribution >= 4 is 17.3 Å². The lowest BCUT2D eigenvalue weighted by atomic mass is 10.4. The lowest BCUT2D eigenvalue weighted by molar-refractivity contribution is 0.0365. The van der Waals surface area contributed by atoms with Crippen LogP contribution >= 0.6 is 11.3 Å². The summed E-state index contributed by atoms with van der Waals surface area (Å²) >= 11 is 1.37. The first kappa shape index (κ1) is 9.22. The Labute approximate surface area is 75.1 Å². The van der Waals surface area contributed by atoms with Gasteiger partial charge in [0.05, 0.1) is 0 Å². The molecule has 66 valence electrons. The number of esters is 1. The fraction of sp³-hybridized carbons (Fsp3) is 0.375. The van der Waals surface area contributed by atoms with Crippen molar-refractivity contribution in [3.63, 3.8) is 0 Å². The second-order valence-corrected chi connectivity index (χ2v) is 3.38. The summed E-state index contributed by atoms with van der Waals surface area (Å²) in [6.45, 7) is 2.13. The van der Waals surface area contributed by atoms with Gasteiger partial charge in [0.15, 0.2) is 0 Å². The molecule has 0 radical (unpaired) electrons. The quantitative estimate of drug-likeness (QED) is 0.721. The van der Waals surface area contributed by atoms with Gasteiger partial charge in [0, 0.05) is 6.54 Å². The fourth-order valence-corrected chi connectivity index (χ4v) is 1.29. The Bertz CT molecular complexity index is 246. The van der Waals surface area contributed by atoms with Crippen molar-refractivity contribution in [1.29, 1.82) is 0 Å². The largest absolute Gasteiger partial charge is 0.457 e. The van der Waals surface area contributed by atoms with Gasteiger partial charge in [-0.2, -0.15) is 0 Å². The number of hydrogen-bond donors (Lipinski definition) is 1. The summed E-state index contributed by atoms with van der Waals surface area (Å²) in [5.41, 5.74) is 5.30. The van der Waals surface area contributed by atoms with Crippen LogP contribution in [0.2, 0.25) is 0 Å². The van der Waals surface area contributed by atoms with E-state index in [4.69, 9.17) is 10.5 Å². The fourth-order valence-electron chi connectivity index (χ4n) is 0.684. The molecule has 0 saturated heterocycles. The summed E-state index contributed by atoms with van der Waals surface area (Å²) in [6.07, 6.45) is -0.209. The van der Waals surface area contributed by atoms with Crippen molar-refractivity contribution in [3.05, 3.63) is 22.4 Å². The maximum Gasteiger partial charge on any atom is 0.348 e. The molecule has 0 aliphatic carbocycles. The van der Waals surface area contributed by atoms with Crippen LogP contribution in [0.4, 0.5) is 0 Å². The third-order valence-corrected chi connectivity index (χ3v) is 2.21. The van der Waals surface area contributed by atoms with Crippen LogP contribution in [0, 0.1) is 0 Å². The summed E-state index contributed by atoms with van der Waals surface area (Å²) in [5, 5.41) is 1.84. The Morgan fingerprint density at radius 1 is 1.83 bits per heavy atom. The monoisotopic (exact) mass is 185 g/mol. The smallest absolute Gasteiger partial charge is 0.348 e. The van der Waals surface area contributed by atoms with Crippen LogP contribution in [-0.2, 0) is 4.74 Å². The van der Waals surface area contributed by atoms with Gasteiger partial charge in [-0.1, -0.05) is 6.07 Å². The molecule has 1 aromatic heterocycles. The molecule has 0 bridgehead atoms. The highest BCUT2D eigenvalue weighted by molar-refractivity contribution is 7.11. The lowest BCUT2D eigenvalue weighted by Gasteiger charge is -2.08. The van der Waals surface area contributed by atoms with E-state index in [1.54, 1.807) is 13.0 Å². The molecule has 1 atom stereocenters. The predicted molar refractivity (Wildman–Crippen MR) is 48.3 cm³/mol. The zero-order chi connectivity index (χ0) is 8.97. The zero-order valence-corrected chi connectivity index (χ0v) is 7.64. The van der Waals surface area contributed by atoms with E-state index in [0.717, 1.165) is 0 Å². The van der Waals surface area contributed by atoms with Crippen LogP contribution in [0.15, 0.2) is 17.5 Å². The lowest BCUT2D eigenvalue weighted by Crippen LogP contribution is -2.23. The highest BCUT2D eigenvalue weighted by atomic mass is 32.1. The van der Waals surface area contributed by atoms with E-state index in [0.29, 0.717) is 11.4 Å². The summed E-state index contributed by atoms with van der Waals surface area (Å²) in [6, 6.07) is 3.55. The Morgan fingerprint density at radius 3 is 3.08 bits per heavy atom. The number of rotatable bonds is 3. The minimum atomic E-state index is -0.289. The predicted octanol–water partition coefficient (Wildman–Crippen LogP) is 1.25. The molecule has 1 rings (SSSR count). The van der Waals surface area contributed by atoms with Crippen LogP contribution < -0.4 is 5.73 Å². The van der Waals surface area contributed by atoms with Gasteiger partial charge in [-0.25, -0.2) is 4.79 Å². The van der Waals surface area contributed by atoms with E-state index in [1.165, 1.54) is 11.3 Å². The van der Waals surface area contributed by atoms with Gasteiger partial charge < -0.3 is 10.5 Å². The van der Waals surface area contributed by atoms with E-state index >= 15 is 0 Å². The van der Waals surface area contributed by atoms with Crippen molar-refractivity contribution in [2.75, 3.05) is 6.54 Å². The van der Waals surface area contributed by atoms with Crippen LogP contribution in [-0.4, -0.2) is 18.6 Å². The molecule has 2 N–H and O–H groups in total. The molecule has 0 aromatic carbocycles. The zero-order valence-electron chi connectivity index (χ0n) is 6.82. The van der Waals surface area contributed by atoms with Crippen molar-refractivity contribution < 1.29 is 9.53 Å². The van der Waals surface area contributed by atoms with Gasteiger partial charge in [-0.3, -0.25) is 0 Å². The third kappa shape index (κ3) is 2.32. The molecule has 1 unspecified atom stereocenters. The Morgan fingerprint density at radius 2 is 2.58 bits per heavy atom. The number of hydrogen-bond acceptors (Lipinski definition) is 4. The highest BCUT2D eigenvalue weighted by Gasteiger charge is 2.10. The number of nitrogens with two attached hydrogens (primary N) is 1. The molecule has 0 saturated carbocycles. The Hall–Kier alpha value is -0.870. The maximum atomic E-state index is 11.2. The summed E-state index contributed by atoms with van der Waals surface area (Å²) in [4.78, 5) is 11.8. The summed E-state index contributed by atoms with van der Waals surface area (Å²) < 4.78 is 4.99. The molecule has 1 heterocycles. The molecule has 0 fully saturated rings. The van der Waals surface area contributed by atoms with Crippen LogP contribution in [0.1, 0.15) is 16.6 Å². The molecule has 0 aliphatic heterocycles. The van der Waals surface area contributed by atoms with E-state index in [-0.39, 0.29) is 12.1 Å². The van der Waals surface area contributed by atoms with E-state index in [1.807, 2.05) is 11.4 Å². The van der Waals surface area contributed by atoms with Crippen molar-refractivity contribution in [2.24, 2.45) is 5.73 Å². The average Bonchev–Trinajstić information content (AvgIpc) is 2.56. The van der Waals surface area contributed by atoms with Gasteiger partial charge in [0.1, 0.15) is 11.0 Å². The second kappa shape index (κ2) is 4.23. The normalized spacial score (nSPS) is 12.5. The SMILES string of the molecule is CC(CN)OC(=O)c1cccs1. The molecule has 1 aromatic rings. The standard InChI is InChI=1S/C8H11NO2S/c1-6(5-9)11-8(10)7-3-2-4-12-7/h2-4,6H,5,9H2,1H3. The Kier molecular flexibility index (Phi) is 3.25. The maximum absolute atomic E-state index is 11.2. The third-order valence-electron chi connectivity index (χ3n) is 1.36. The molecule has 3 nitrogen and oxygen atoms in total. The van der Waals surface area contributed by atoms with Crippen LogP contribution in [0.5, 0.6) is 0 Å². The van der Waals surface area contributed by atoms with Gasteiger partial charge >= 0.3 is 5.97 Å². The molecule has 4 heteroatoms. The molecule has 0 spiro atoms.